The molecule has 138 valence electrons. The molecule has 0 saturated carbocycles. The van der Waals surface area contributed by atoms with E-state index in [0.29, 0.717) is 11.6 Å². The summed E-state index contributed by atoms with van der Waals surface area (Å²) in [6, 6.07) is 8.97. The van der Waals surface area contributed by atoms with E-state index in [1.165, 1.54) is 10.6 Å². The maximum atomic E-state index is 12.0. The molecule has 5 heteroatoms. The minimum Gasteiger partial charge on any atom is -0.478 e. The first-order chi connectivity index (χ1) is 12.4. The van der Waals surface area contributed by atoms with E-state index >= 15 is 0 Å². The summed E-state index contributed by atoms with van der Waals surface area (Å²) in [4.78, 5) is 16.6. The van der Waals surface area contributed by atoms with Gasteiger partial charge in [-0.15, -0.1) is 11.3 Å². The third-order valence-corrected chi connectivity index (χ3v) is 7.11. The Bertz CT molecular complexity index is 832. The standard InChI is InChI=1S/C21H26N2O2S/c1-21(2)9-8-17-16(10-21)18(20(24)25)19(26-17)13-4-6-15(7-5-13)23-11-14(12-23)22-3/h4-7,14,22H,8-12H2,1-3H3,(H,24,25). The summed E-state index contributed by atoms with van der Waals surface area (Å²) in [5, 5.41) is 13.2. The number of fused-ring (bicyclic) bond motifs is 1. The number of carbonyl (C=O) groups is 1. The molecule has 2 aliphatic rings. The lowest BCUT2D eigenvalue weighted by Gasteiger charge is -2.40. The number of hydrogen-bond donors (Lipinski definition) is 2. The molecule has 0 spiro atoms. The Balaban J connectivity index is 1.66. The van der Waals surface area contributed by atoms with Crippen molar-refractivity contribution in [1.29, 1.82) is 0 Å². The molecule has 4 nitrogen and oxygen atoms in total. The van der Waals surface area contributed by atoms with Crippen LogP contribution >= 0.6 is 11.3 Å². The first kappa shape index (κ1) is 17.6. The lowest BCUT2D eigenvalue weighted by Crippen LogP contribution is -2.57. The van der Waals surface area contributed by atoms with Gasteiger partial charge < -0.3 is 15.3 Å². The molecular formula is C21H26N2O2S. The Labute approximate surface area is 158 Å². The third-order valence-electron chi connectivity index (χ3n) is 5.77. The Morgan fingerprint density at radius 3 is 2.58 bits per heavy atom. The van der Waals surface area contributed by atoms with Crippen molar-refractivity contribution in [2.45, 2.75) is 39.2 Å². The molecule has 0 radical (unpaired) electrons. The SMILES string of the molecule is CNC1CN(c2ccc(-c3sc4c(c3C(=O)O)CC(C)(C)CC4)cc2)C1. The number of aromatic carboxylic acids is 1. The molecule has 2 heterocycles. The second-order valence-electron chi connectivity index (χ2n) is 8.29. The van der Waals surface area contributed by atoms with Gasteiger partial charge in [-0.3, -0.25) is 0 Å². The van der Waals surface area contributed by atoms with Crippen molar-refractivity contribution in [3.05, 3.63) is 40.3 Å². The monoisotopic (exact) mass is 370 g/mol. The number of carboxylic acids is 1. The molecule has 1 fully saturated rings. The minimum atomic E-state index is -0.793. The fraction of sp³-hybridized carbons (Fsp3) is 0.476. The van der Waals surface area contributed by atoms with Crippen molar-refractivity contribution in [2.24, 2.45) is 5.41 Å². The predicted octanol–water partition coefficient (Wildman–Crippen LogP) is 4.04. The molecule has 26 heavy (non-hydrogen) atoms. The molecule has 1 aromatic carbocycles. The van der Waals surface area contributed by atoms with Crippen molar-refractivity contribution in [1.82, 2.24) is 5.32 Å². The van der Waals surface area contributed by atoms with Gasteiger partial charge >= 0.3 is 5.97 Å². The number of aryl methyl sites for hydroxylation is 1. The zero-order chi connectivity index (χ0) is 18.5. The van der Waals surface area contributed by atoms with E-state index in [1.54, 1.807) is 11.3 Å². The molecule has 0 bridgehead atoms. The van der Waals surface area contributed by atoms with E-state index in [4.69, 9.17) is 0 Å². The minimum absolute atomic E-state index is 0.181. The fourth-order valence-corrected chi connectivity index (χ4v) is 5.36. The highest BCUT2D eigenvalue weighted by Gasteiger charge is 2.33. The second-order valence-corrected chi connectivity index (χ2v) is 9.40. The van der Waals surface area contributed by atoms with Crippen LogP contribution in [0.15, 0.2) is 24.3 Å². The normalized spacial score (nSPS) is 19.1. The fourth-order valence-electron chi connectivity index (χ4n) is 4.05. The number of hydrogen-bond acceptors (Lipinski definition) is 4. The summed E-state index contributed by atoms with van der Waals surface area (Å²) in [7, 11) is 2.00. The van der Waals surface area contributed by atoms with E-state index < -0.39 is 5.97 Å². The van der Waals surface area contributed by atoms with Crippen LogP contribution in [-0.2, 0) is 12.8 Å². The Kier molecular flexibility index (Phi) is 4.32. The van der Waals surface area contributed by atoms with Crippen LogP contribution in [0.2, 0.25) is 0 Å². The molecule has 0 amide bonds. The summed E-state index contributed by atoms with van der Waals surface area (Å²) in [6.07, 6.45) is 2.97. The number of likely N-dealkylation sites (N-methyl/N-ethyl adjacent to an activating group) is 1. The average molecular weight is 371 g/mol. The molecule has 0 atom stereocenters. The maximum Gasteiger partial charge on any atom is 0.337 e. The van der Waals surface area contributed by atoms with Gasteiger partial charge in [0.05, 0.1) is 5.56 Å². The van der Waals surface area contributed by atoms with Gasteiger partial charge in [-0.1, -0.05) is 26.0 Å². The van der Waals surface area contributed by atoms with Crippen LogP contribution in [0.25, 0.3) is 10.4 Å². The highest BCUT2D eigenvalue weighted by Crippen LogP contribution is 2.45. The van der Waals surface area contributed by atoms with Crippen molar-refractivity contribution >= 4 is 23.0 Å². The number of carboxylic acid groups (broad SMARTS) is 1. The molecule has 2 aromatic rings. The van der Waals surface area contributed by atoms with Gasteiger partial charge in [0.2, 0.25) is 0 Å². The van der Waals surface area contributed by atoms with Gasteiger partial charge in [0.25, 0.3) is 0 Å². The Morgan fingerprint density at radius 2 is 1.96 bits per heavy atom. The molecule has 0 unspecified atom stereocenters. The van der Waals surface area contributed by atoms with Crippen LogP contribution in [0.3, 0.4) is 0 Å². The van der Waals surface area contributed by atoms with E-state index in [2.05, 4.69) is 48.3 Å². The van der Waals surface area contributed by atoms with Gasteiger partial charge in [0, 0.05) is 34.6 Å². The van der Waals surface area contributed by atoms with Crippen LogP contribution in [0.4, 0.5) is 5.69 Å². The third kappa shape index (κ3) is 3.03. The average Bonchev–Trinajstić information content (AvgIpc) is 2.92. The maximum absolute atomic E-state index is 12.0. The van der Waals surface area contributed by atoms with Crippen LogP contribution in [0, 0.1) is 5.41 Å². The zero-order valence-corrected chi connectivity index (χ0v) is 16.4. The van der Waals surface area contributed by atoms with Gasteiger partial charge in [-0.05, 0) is 55.0 Å². The van der Waals surface area contributed by atoms with Crippen LogP contribution in [0.1, 0.15) is 41.1 Å². The molecule has 1 aliphatic heterocycles. The number of benzene rings is 1. The molecule has 2 N–H and O–H groups in total. The van der Waals surface area contributed by atoms with Gasteiger partial charge in [0.1, 0.15) is 0 Å². The molecule has 1 saturated heterocycles. The topological polar surface area (TPSA) is 52.6 Å². The number of rotatable bonds is 4. The smallest absolute Gasteiger partial charge is 0.337 e. The van der Waals surface area contributed by atoms with E-state index in [1.807, 2.05) is 7.05 Å². The highest BCUT2D eigenvalue weighted by molar-refractivity contribution is 7.16. The molecule has 4 rings (SSSR count). The van der Waals surface area contributed by atoms with Gasteiger partial charge in [-0.25, -0.2) is 4.79 Å². The molecular weight excluding hydrogens is 344 g/mol. The zero-order valence-electron chi connectivity index (χ0n) is 15.6. The van der Waals surface area contributed by atoms with Crippen LogP contribution in [-0.4, -0.2) is 37.3 Å². The summed E-state index contributed by atoms with van der Waals surface area (Å²) in [5.41, 5.74) is 4.01. The van der Waals surface area contributed by atoms with E-state index in [-0.39, 0.29) is 5.41 Å². The first-order valence-corrected chi connectivity index (χ1v) is 10.1. The highest BCUT2D eigenvalue weighted by atomic mass is 32.1. The number of thiophene rings is 1. The second kappa shape index (κ2) is 6.39. The molecule has 1 aromatic heterocycles. The summed E-state index contributed by atoms with van der Waals surface area (Å²) < 4.78 is 0. The lowest BCUT2D eigenvalue weighted by atomic mass is 9.76. The summed E-state index contributed by atoms with van der Waals surface area (Å²) in [6.45, 7) is 6.52. The first-order valence-electron chi connectivity index (χ1n) is 9.28. The van der Waals surface area contributed by atoms with Crippen molar-refractivity contribution < 1.29 is 9.90 Å². The van der Waals surface area contributed by atoms with Gasteiger partial charge in [0.15, 0.2) is 0 Å². The van der Waals surface area contributed by atoms with E-state index in [9.17, 15) is 9.90 Å². The number of anilines is 1. The lowest BCUT2D eigenvalue weighted by molar-refractivity contribution is 0.0696. The summed E-state index contributed by atoms with van der Waals surface area (Å²) in [5.74, 6) is -0.793. The predicted molar refractivity (Wildman–Crippen MR) is 108 cm³/mol. The quantitative estimate of drug-likeness (QED) is 0.853. The van der Waals surface area contributed by atoms with Crippen molar-refractivity contribution in [3.63, 3.8) is 0 Å². The van der Waals surface area contributed by atoms with Crippen LogP contribution in [0.5, 0.6) is 0 Å². The van der Waals surface area contributed by atoms with Crippen LogP contribution < -0.4 is 10.2 Å². The summed E-state index contributed by atoms with van der Waals surface area (Å²) >= 11 is 1.68. The van der Waals surface area contributed by atoms with Gasteiger partial charge in [-0.2, -0.15) is 0 Å². The number of nitrogens with zero attached hydrogens (tertiary/aromatic N) is 1. The Hall–Kier alpha value is -1.85. The van der Waals surface area contributed by atoms with E-state index in [0.717, 1.165) is 48.4 Å². The largest absolute Gasteiger partial charge is 0.478 e. The number of nitrogens with one attached hydrogen (secondary N) is 1. The van der Waals surface area contributed by atoms with Crippen molar-refractivity contribution in [3.8, 4) is 10.4 Å². The Morgan fingerprint density at radius 1 is 1.27 bits per heavy atom. The van der Waals surface area contributed by atoms with Crippen molar-refractivity contribution in [2.75, 3.05) is 25.0 Å². The molecule has 1 aliphatic carbocycles.